The van der Waals surface area contributed by atoms with Crippen LogP contribution in [0.1, 0.15) is 28.9 Å². The standard InChI is InChI=1S/C13H18ClN3O/c1-9-6-12(14)11(8-15-9)13(18)16-7-10-4-3-5-17(10)2/h6,8,10H,3-5,7H2,1-2H3,(H,16,18). The summed E-state index contributed by atoms with van der Waals surface area (Å²) in [5.41, 5.74) is 1.26. The van der Waals surface area contributed by atoms with E-state index in [-0.39, 0.29) is 5.91 Å². The minimum Gasteiger partial charge on any atom is -0.350 e. The highest BCUT2D eigenvalue weighted by Gasteiger charge is 2.21. The van der Waals surface area contributed by atoms with Crippen molar-refractivity contribution in [3.8, 4) is 0 Å². The fourth-order valence-corrected chi connectivity index (χ4v) is 2.53. The summed E-state index contributed by atoms with van der Waals surface area (Å²) < 4.78 is 0. The van der Waals surface area contributed by atoms with Gasteiger partial charge in [0.1, 0.15) is 0 Å². The Labute approximate surface area is 112 Å². The maximum Gasteiger partial charge on any atom is 0.254 e. The van der Waals surface area contributed by atoms with Crippen LogP contribution in [0, 0.1) is 6.92 Å². The molecule has 2 heterocycles. The largest absolute Gasteiger partial charge is 0.350 e. The second-order valence-corrected chi connectivity index (χ2v) is 5.20. The van der Waals surface area contributed by atoms with Gasteiger partial charge in [-0.05, 0) is 39.4 Å². The van der Waals surface area contributed by atoms with E-state index in [1.165, 1.54) is 12.6 Å². The zero-order valence-electron chi connectivity index (χ0n) is 10.7. The average molecular weight is 268 g/mol. The molecule has 1 aromatic heterocycles. The third-order valence-electron chi connectivity index (χ3n) is 3.40. The van der Waals surface area contributed by atoms with Crippen molar-refractivity contribution in [2.75, 3.05) is 20.1 Å². The van der Waals surface area contributed by atoms with Crippen molar-refractivity contribution < 1.29 is 4.79 Å². The number of rotatable bonds is 3. The summed E-state index contributed by atoms with van der Waals surface area (Å²) in [4.78, 5) is 18.4. The van der Waals surface area contributed by atoms with Crippen molar-refractivity contribution >= 4 is 17.5 Å². The summed E-state index contributed by atoms with van der Waals surface area (Å²) in [6, 6.07) is 2.14. The van der Waals surface area contributed by atoms with Gasteiger partial charge in [0.2, 0.25) is 0 Å². The fraction of sp³-hybridized carbons (Fsp3) is 0.538. The molecule has 1 saturated heterocycles. The Morgan fingerprint density at radius 2 is 2.44 bits per heavy atom. The van der Waals surface area contributed by atoms with Crippen LogP contribution in [0.3, 0.4) is 0 Å². The molecule has 5 heteroatoms. The van der Waals surface area contributed by atoms with Crippen LogP contribution in [0.4, 0.5) is 0 Å². The second kappa shape index (κ2) is 5.67. The van der Waals surface area contributed by atoms with Gasteiger partial charge in [0.15, 0.2) is 0 Å². The molecular formula is C13H18ClN3O. The van der Waals surface area contributed by atoms with Crippen molar-refractivity contribution in [3.05, 3.63) is 28.5 Å². The summed E-state index contributed by atoms with van der Waals surface area (Å²) in [6.07, 6.45) is 3.87. The van der Waals surface area contributed by atoms with E-state index in [9.17, 15) is 4.79 Å². The molecule has 1 aromatic rings. The molecule has 4 nitrogen and oxygen atoms in total. The summed E-state index contributed by atoms with van der Waals surface area (Å²) in [5.74, 6) is -0.146. The molecular weight excluding hydrogens is 250 g/mol. The van der Waals surface area contributed by atoms with Crippen LogP contribution in [0.15, 0.2) is 12.3 Å². The molecule has 1 unspecified atom stereocenters. The van der Waals surface area contributed by atoms with Crippen LogP contribution in [0.2, 0.25) is 5.02 Å². The first-order valence-corrected chi connectivity index (χ1v) is 6.56. The lowest BCUT2D eigenvalue weighted by atomic mass is 10.2. The number of likely N-dealkylation sites (N-methyl/N-ethyl adjacent to an activating group) is 1. The average Bonchev–Trinajstić information content (AvgIpc) is 2.72. The number of halogens is 1. The van der Waals surface area contributed by atoms with Crippen molar-refractivity contribution in [2.24, 2.45) is 0 Å². The monoisotopic (exact) mass is 267 g/mol. The molecule has 0 aromatic carbocycles. The van der Waals surface area contributed by atoms with Crippen molar-refractivity contribution in [3.63, 3.8) is 0 Å². The van der Waals surface area contributed by atoms with Crippen molar-refractivity contribution in [1.82, 2.24) is 15.2 Å². The van der Waals surface area contributed by atoms with E-state index in [1.807, 2.05) is 6.92 Å². The lowest BCUT2D eigenvalue weighted by molar-refractivity contribution is 0.0943. The Morgan fingerprint density at radius 3 is 3.06 bits per heavy atom. The zero-order chi connectivity index (χ0) is 13.1. The quantitative estimate of drug-likeness (QED) is 0.909. The third-order valence-corrected chi connectivity index (χ3v) is 3.72. The Balaban J connectivity index is 1.95. The van der Waals surface area contributed by atoms with Gasteiger partial charge in [-0.15, -0.1) is 0 Å². The number of carbonyl (C=O) groups excluding carboxylic acids is 1. The van der Waals surface area contributed by atoms with Crippen LogP contribution in [-0.2, 0) is 0 Å². The van der Waals surface area contributed by atoms with Crippen LogP contribution < -0.4 is 5.32 Å². The first-order valence-electron chi connectivity index (χ1n) is 6.18. The number of aromatic nitrogens is 1. The van der Waals surface area contributed by atoms with Gasteiger partial charge in [-0.25, -0.2) is 0 Å². The van der Waals surface area contributed by atoms with Gasteiger partial charge in [0.05, 0.1) is 10.6 Å². The van der Waals surface area contributed by atoms with Gasteiger partial charge in [0.25, 0.3) is 5.91 Å². The Hall–Kier alpha value is -1.13. The topological polar surface area (TPSA) is 45.2 Å². The molecule has 98 valence electrons. The molecule has 1 N–H and O–H groups in total. The summed E-state index contributed by atoms with van der Waals surface area (Å²) >= 11 is 6.04. The highest BCUT2D eigenvalue weighted by Crippen LogP contribution is 2.16. The van der Waals surface area contributed by atoms with Gasteiger partial charge < -0.3 is 10.2 Å². The fourth-order valence-electron chi connectivity index (χ4n) is 2.24. The first kappa shape index (κ1) is 13.3. The third kappa shape index (κ3) is 3.00. The summed E-state index contributed by atoms with van der Waals surface area (Å²) in [7, 11) is 2.09. The minimum absolute atomic E-state index is 0.146. The lowest BCUT2D eigenvalue weighted by Gasteiger charge is -2.19. The number of nitrogens with one attached hydrogen (secondary N) is 1. The number of nitrogens with zero attached hydrogens (tertiary/aromatic N) is 2. The number of likely N-dealkylation sites (tertiary alicyclic amines) is 1. The maximum atomic E-state index is 12.0. The van der Waals surface area contributed by atoms with Crippen LogP contribution in [0.5, 0.6) is 0 Å². The van der Waals surface area contributed by atoms with E-state index in [1.54, 1.807) is 6.07 Å². The molecule has 0 bridgehead atoms. The molecule has 2 rings (SSSR count). The van der Waals surface area contributed by atoms with E-state index >= 15 is 0 Å². The normalized spacial score (nSPS) is 20.1. The van der Waals surface area contributed by atoms with Crippen LogP contribution in [-0.4, -0.2) is 42.0 Å². The van der Waals surface area contributed by atoms with Gasteiger partial charge >= 0.3 is 0 Å². The van der Waals surface area contributed by atoms with E-state index in [2.05, 4.69) is 22.2 Å². The van der Waals surface area contributed by atoms with Crippen LogP contribution in [0.25, 0.3) is 0 Å². The molecule has 0 radical (unpaired) electrons. The maximum absolute atomic E-state index is 12.0. The number of hydrogen-bond acceptors (Lipinski definition) is 3. The van der Waals surface area contributed by atoms with E-state index in [0.717, 1.165) is 18.7 Å². The summed E-state index contributed by atoms with van der Waals surface area (Å²) in [6.45, 7) is 3.62. The molecule has 1 aliphatic heterocycles. The number of hydrogen-bond donors (Lipinski definition) is 1. The second-order valence-electron chi connectivity index (χ2n) is 4.79. The molecule has 0 spiro atoms. The van der Waals surface area contributed by atoms with Gasteiger partial charge in [-0.3, -0.25) is 9.78 Å². The number of amides is 1. The van der Waals surface area contributed by atoms with E-state index < -0.39 is 0 Å². The molecule has 0 saturated carbocycles. The first-order chi connectivity index (χ1) is 8.58. The van der Waals surface area contributed by atoms with E-state index in [4.69, 9.17) is 11.6 Å². The highest BCUT2D eigenvalue weighted by molar-refractivity contribution is 6.33. The SMILES string of the molecule is Cc1cc(Cl)c(C(=O)NCC2CCCN2C)cn1. The highest BCUT2D eigenvalue weighted by atomic mass is 35.5. The minimum atomic E-state index is -0.146. The molecule has 0 aliphatic carbocycles. The molecule has 1 aliphatic rings. The predicted molar refractivity (Wildman–Crippen MR) is 72.0 cm³/mol. The zero-order valence-corrected chi connectivity index (χ0v) is 11.5. The van der Waals surface area contributed by atoms with Crippen LogP contribution >= 0.6 is 11.6 Å². The molecule has 1 fully saturated rings. The van der Waals surface area contributed by atoms with Crippen molar-refractivity contribution in [2.45, 2.75) is 25.8 Å². The van der Waals surface area contributed by atoms with Gasteiger partial charge in [-0.1, -0.05) is 11.6 Å². The van der Waals surface area contributed by atoms with Gasteiger partial charge in [0, 0.05) is 24.5 Å². The molecule has 1 amide bonds. The van der Waals surface area contributed by atoms with E-state index in [0.29, 0.717) is 23.2 Å². The Kier molecular flexibility index (Phi) is 4.19. The predicted octanol–water partition coefficient (Wildman–Crippen LogP) is 1.87. The van der Waals surface area contributed by atoms with Gasteiger partial charge in [-0.2, -0.15) is 0 Å². The number of aryl methyl sites for hydroxylation is 1. The molecule has 18 heavy (non-hydrogen) atoms. The summed E-state index contributed by atoms with van der Waals surface area (Å²) in [5, 5.41) is 3.38. The lowest BCUT2D eigenvalue weighted by Crippen LogP contribution is -2.38. The number of pyridine rings is 1. The Bertz CT molecular complexity index is 450. The molecule has 1 atom stereocenters. The van der Waals surface area contributed by atoms with Crippen molar-refractivity contribution in [1.29, 1.82) is 0 Å². The number of carbonyl (C=O) groups is 1. The Morgan fingerprint density at radius 1 is 1.67 bits per heavy atom. The smallest absolute Gasteiger partial charge is 0.254 e.